The summed E-state index contributed by atoms with van der Waals surface area (Å²) in [5.41, 5.74) is 1.11. The third-order valence-electron chi connectivity index (χ3n) is 3.46. The molecular formula is C14H18BrNO3. The van der Waals surface area contributed by atoms with E-state index in [9.17, 15) is 4.79 Å². The van der Waals surface area contributed by atoms with Crippen LogP contribution in [0.4, 0.5) is 5.69 Å². The fourth-order valence-electron chi connectivity index (χ4n) is 2.44. The molecule has 1 aliphatic rings. The first kappa shape index (κ1) is 14.3. The van der Waals surface area contributed by atoms with Crippen LogP contribution < -0.4 is 5.32 Å². The van der Waals surface area contributed by atoms with Crippen LogP contribution in [-0.4, -0.2) is 30.3 Å². The predicted octanol–water partition coefficient (Wildman–Crippen LogP) is 3.37. The molecule has 19 heavy (non-hydrogen) atoms. The van der Waals surface area contributed by atoms with Crippen molar-refractivity contribution in [1.82, 2.24) is 0 Å². The summed E-state index contributed by atoms with van der Waals surface area (Å²) < 4.78 is 6.41. The van der Waals surface area contributed by atoms with Crippen molar-refractivity contribution in [1.29, 1.82) is 0 Å². The Kier molecular flexibility index (Phi) is 4.82. The van der Waals surface area contributed by atoms with E-state index >= 15 is 0 Å². The normalized spacial score (nSPS) is 22.4. The minimum Gasteiger partial charge on any atom is -0.478 e. The number of benzene rings is 1. The largest absolute Gasteiger partial charge is 0.478 e. The number of hydrogen-bond acceptors (Lipinski definition) is 3. The highest BCUT2D eigenvalue weighted by Crippen LogP contribution is 2.25. The second-order valence-electron chi connectivity index (χ2n) is 4.78. The fraction of sp³-hybridized carbons (Fsp3) is 0.500. The zero-order chi connectivity index (χ0) is 13.8. The molecular weight excluding hydrogens is 310 g/mol. The van der Waals surface area contributed by atoms with Gasteiger partial charge in [-0.25, -0.2) is 4.79 Å². The second kappa shape index (κ2) is 6.39. The standard InChI is InChI=1S/C14H18BrNO3/c1-2-13-9(3-4-19-13)8-16-12-6-10(14(17)18)5-11(15)7-12/h5-7,9,13,16H,2-4,8H2,1H3,(H,17,18). The van der Waals surface area contributed by atoms with Gasteiger partial charge in [0.15, 0.2) is 0 Å². The number of anilines is 1. The third-order valence-corrected chi connectivity index (χ3v) is 3.92. The molecule has 2 rings (SSSR count). The van der Waals surface area contributed by atoms with E-state index in [1.807, 2.05) is 6.07 Å². The Hall–Kier alpha value is -1.07. The summed E-state index contributed by atoms with van der Waals surface area (Å²) in [7, 11) is 0. The van der Waals surface area contributed by atoms with Gasteiger partial charge in [0.05, 0.1) is 11.7 Å². The average Bonchev–Trinajstić information content (AvgIpc) is 2.83. The van der Waals surface area contributed by atoms with Crippen LogP contribution in [0, 0.1) is 5.92 Å². The van der Waals surface area contributed by atoms with Crippen molar-refractivity contribution in [3.8, 4) is 0 Å². The number of aromatic carboxylic acids is 1. The highest BCUT2D eigenvalue weighted by molar-refractivity contribution is 9.10. The zero-order valence-corrected chi connectivity index (χ0v) is 12.4. The molecule has 1 aliphatic heterocycles. The van der Waals surface area contributed by atoms with Gasteiger partial charge in [-0.05, 0) is 31.0 Å². The summed E-state index contributed by atoms with van der Waals surface area (Å²) in [4.78, 5) is 11.0. The monoisotopic (exact) mass is 327 g/mol. The second-order valence-corrected chi connectivity index (χ2v) is 5.70. The number of nitrogens with one attached hydrogen (secondary N) is 1. The minimum absolute atomic E-state index is 0.284. The molecule has 0 aliphatic carbocycles. The molecule has 0 aromatic heterocycles. The van der Waals surface area contributed by atoms with Crippen LogP contribution in [0.5, 0.6) is 0 Å². The zero-order valence-electron chi connectivity index (χ0n) is 10.9. The number of rotatable bonds is 5. The third kappa shape index (κ3) is 3.70. The molecule has 1 aromatic carbocycles. The van der Waals surface area contributed by atoms with Crippen LogP contribution in [-0.2, 0) is 4.74 Å². The molecule has 2 atom stereocenters. The molecule has 1 heterocycles. The van der Waals surface area contributed by atoms with Crippen LogP contribution in [0.2, 0.25) is 0 Å². The summed E-state index contributed by atoms with van der Waals surface area (Å²) in [6.45, 7) is 3.77. The predicted molar refractivity (Wildman–Crippen MR) is 77.7 cm³/mol. The molecule has 0 spiro atoms. The van der Waals surface area contributed by atoms with E-state index in [2.05, 4.69) is 28.2 Å². The average molecular weight is 328 g/mol. The van der Waals surface area contributed by atoms with Gasteiger partial charge in [-0.1, -0.05) is 22.9 Å². The Morgan fingerprint density at radius 1 is 1.53 bits per heavy atom. The maximum atomic E-state index is 11.0. The number of carboxylic acids is 1. The van der Waals surface area contributed by atoms with Crippen molar-refractivity contribution in [2.24, 2.45) is 5.92 Å². The van der Waals surface area contributed by atoms with E-state index in [0.29, 0.717) is 12.0 Å². The molecule has 1 fully saturated rings. The van der Waals surface area contributed by atoms with E-state index in [1.54, 1.807) is 12.1 Å². The minimum atomic E-state index is -0.917. The number of carboxylic acid groups (broad SMARTS) is 1. The van der Waals surface area contributed by atoms with E-state index in [1.165, 1.54) is 0 Å². The number of carbonyl (C=O) groups is 1. The van der Waals surface area contributed by atoms with E-state index in [4.69, 9.17) is 9.84 Å². The van der Waals surface area contributed by atoms with E-state index in [-0.39, 0.29) is 5.56 Å². The molecule has 5 heteroatoms. The molecule has 1 saturated heterocycles. The van der Waals surface area contributed by atoms with Gasteiger partial charge in [0.2, 0.25) is 0 Å². The Balaban J connectivity index is 2.01. The molecule has 2 N–H and O–H groups in total. The van der Waals surface area contributed by atoms with Gasteiger partial charge < -0.3 is 15.2 Å². The first-order valence-corrected chi connectivity index (χ1v) is 7.28. The summed E-state index contributed by atoms with van der Waals surface area (Å²) in [6.07, 6.45) is 2.40. The lowest BCUT2D eigenvalue weighted by atomic mass is 9.99. The van der Waals surface area contributed by atoms with Gasteiger partial charge in [-0.2, -0.15) is 0 Å². The van der Waals surface area contributed by atoms with E-state index < -0.39 is 5.97 Å². The Bertz CT molecular complexity index is 464. The summed E-state index contributed by atoms with van der Waals surface area (Å²) in [5, 5.41) is 12.3. The van der Waals surface area contributed by atoms with Crippen LogP contribution in [0.1, 0.15) is 30.1 Å². The smallest absolute Gasteiger partial charge is 0.335 e. The van der Waals surface area contributed by atoms with Crippen molar-refractivity contribution >= 4 is 27.6 Å². The Labute approximate surface area is 121 Å². The SMILES string of the molecule is CCC1OCCC1CNc1cc(Br)cc(C(=O)O)c1. The summed E-state index contributed by atoms with van der Waals surface area (Å²) in [5.74, 6) is -0.419. The lowest BCUT2D eigenvalue weighted by Crippen LogP contribution is -2.22. The molecule has 0 radical (unpaired) electrons. The van der Waals surface area contributed by atoms with Crippen molar-refractivity contribution in [2.75, 3.05) is 18.5 Å². The van der Waals surface area contributed by atoms with Gasteiger partial charge in [-0.15, -0.1) is 0 Å². The summed E-state index contributed by atoms with van der Waals surface area (Å²) >= 11 is 3.33. The number of hydrogen-bond donors (Lipinski definition) is 2. The molecule has 4 nitrogen and oxygen atoms in total. The van der Waals surface area contributed by atoms with Gasteiger partial charge in [-0.3, -0.25) is 0 Å². The van der Waals surface area contributed by atoms with Gasteiger partial charge in [0, 0.05) is 29.2 Å². The maximum absolute atomic E-state index is 11.0. The van der Waals surface area contributed by atoms with Crippen molar-refractivity contribution in [3.63, 3.8) is 0 Å². The maximum Gasteiger partial charge on any atom is 0.335 e. The summed E-state index contributed by atoms with van der Waals surface area (Å²) in [6, 6.07) is 5.15. The quantitative estimate of drug-likeness (QED) is 0.870. The molecule has 1 aromatic rings. The van der Waals surface area contributed by atoms with Crippen molar-refractivity contribution < 1.29 is 14.6 Å². The molecule has 104 valence electrons. The first-order valence-electron chi connectivity index (χ1n) is 6.49. The highest BCUT2D eigenvalue weighted by Gasteiger charge is 2.26. The number of ether oxygens (including phenoxy) is 1. The fourth-order valence-corrected chi connectivity index (χ4v) is 2.93. The van der Waals surface area contributed by atoms with Gasteiger partial charge >= 0.3 is 5.97 Å². The molecule has 0 amide bonds. The Morgan fingerprint density at radius 2 is 2.32 bits per heavy atom. The van der Waals surface area contributed by atoms with Crippen LogP contribution >= 0.6 is 15.9 Å². The van der Waals surface area contributed by atoms with Crippen LogP contribution in [0.15, 0.2) is 22.7 Å². The van der Waals surface area contributed by atoms with Crippen molar-refractivity contribution in [2.45, 2.75) is 25.9 Å². The first-order chi connectivity index (χ1) is 9.10. The molecule has 0 bridgehead atoms. The molecule has 0 saturated carbocycles. The van der Waals surface area contributed by atoms with Crippen LogP contribution in [0.3, 0.4) is 0 Å². The van der Waals surface area contributed by atoms with Gasteiger partial charge in [0.25, 0.3) is 0 Å². The van der Waals surface area contributed by atoms with E-state index in [0.717, 1.165) is 36.2 Å². The highest BCUT2D eigenvalue weighted by atomic mass is 79.9. The Morgan fingerprint density at radius 3 is 3.00 bits per heavy atom. The lowest BCUT2D eigenvalue weighted by Gasteiger charge is -2.18. The van der Waals surface area contributed by atoms with Crippen LogP contribution in [0.25, 0.3) is 0 Å². The van der Waals surface area contributed by atoms with Gasteiger partial charge in [0.1, 0.15) is 0 Å². The van der Waals surface area contributed by atoms with Crippen molar-refractivity contribution in [3.05, 3.63) is 28.2 Å². The topological polar surface area (TPSA) is 58.6 Å². The lowest BCUT2D eigenvalue weighted by molar-refractivity contribution is 0.0696. The number of halogens is 1. The molecule has 2 unspecified atom stereocenters.